The second-order valence-electron chi connectivity index (χ2n) is 7.62. The molecule has 1 saturated heterocycles. The van der Waals surface area contributed by atoms with Gasteiger partial charge in [-0.3, -0.25) is 4.98 Å². The van der Waals surface area contributed by atoms with Gasteiger partial charge in [0.1, 0.15) is 17.0 Å². The summed E-state index contributed by atoms with van der Waals surface area (Å²) in [5.41, 5.74) is -0.277. The summed E-state index contributed by atoms with van der Waals surface area (Å²) in [5, 5.41) is 17.9. The molecular weight excluding hydrogens is 433 g/mol. The van der Waals surface area contributed by atoms with E-state index >= 15 is 0 Å². The molecule has 1 aliphatic rings. The van der Waals surface area contributed by atoms with Gasteiger partial charge in [0.15, 0.2) is 15.7 Å². The van der Waals surface area contributed by atoms with Crippen LogP contribution in [0.25, 0.3) is 22.2 Å². The lowest BCUT2D eigenvalue weighted by Crippen LogP contribution is -2.50. The topological polar surface area (TPSA) is 96.3 Å². The smallest absolute Gasteiger partial charge is 0.416 e. The Morgan fingerprint density at radius 1 is 1.10 bits per heavy atom. The van der Waals surface area contributed by atoms with Gasteiger partial charge in [0.05, 0.1) is 16.1 Å². The van der Waals surface area contributed by atoms with Gasteiger partial charge in [-0.05, 0) is 44.2 Å². The maximum atomic E-state index is 12.9. The fourth-order valence-corrected chi connectivity index (χ4v) is 5.33. The minimum Gasteiger partial charge on any atom is -0.507 e. The number of benzene rings is 1. The van der Waals surface area contributed by atoms with E-state index in [9.17, 15) is 26.7 Å². The van der Waals surface area contributed by atoms with Crippen LogP contribution >= 0.6 is 0 Å². The molecule has 7 nitrogen and oxygen atoms in total. The number of sulfone groups is 1. The van der Waals surface area contributed by atoms with Crippen molar-refractivity contribution in [2.45, 2.75) is 30.5 Å². The van der Waals surface area contributed by atoms with Crippen molar-refractivity contribution < 1.29 is 26.7 Å². The average molecular weight is 452 g/mol. The van der Waals surface area contributed by atoms with Gasteiger partial charge in [0.25, 0.3) is 0 Å². The van der Waals surface area contributed by atoms with Gasteiger partial charge in [-0.2, -0.15) is 13.2 Å². The Morgan fingerprint density at radius 2 is 1.77 bits per heavy atom. The monoisotopic (exact) mass is 452 g/mol. The van der Waals surface area contributed by atoms with Gasteiger partial charge in [-0.15, -0.1) is 10.2 Å². The van der Waals surface area contributed by atoms with Crippen LogP contribution in [0, 0.1) is 0 Å². The number of phenols is 1. The van der Waals surface area contributed by atoms with E-state index in [1.54, 1.807) is 30.9 Å². The number of aromatic nitrogens is 3. The van der Waals surface area contributed by atoms with Gasteiger partial charge >= 0.3 is 6.18 Å². The molecule has 31 heavy (non-hydrogen) atoms. The van der Waals surface area contributed by atoms with Crippen molar-refractivity contribution in [3.63, 3.8) is 0 Å². The number of halogens is 3. The highest BCUT2D eigenvalue weighted by atomic mass is 32.2. The molecule has 3 heterocycles. The quantitative estimate of drug-likeness (QED) is 0.636. The first-order chi connectivity index (χ1) is 14.5. The molecule has 0 spiro atoms. The average Bonchev–Trinajstić information content (AvgIpc) is 2.71. The van der Waals surface area contributed by atoms with Crippen molar-refractivity contribution in [3.8, 4) is 17.0 Å². The van der Waals surface area contributed by atoms with Crippen LogP contribution in [-0.2, 0) is 16.0 Å². The van der Waals surface area contributed by atoms with E-state index < -0.39 is 37.8 Å². The standard InChI is InChI=1S/C20H19F3N4O3S/c1-11-9-27(10-12(2)31(11,29)30)19-18-15(4-3-7-24-18)17(25-26-19)14-6-5-13(8-16(14)28)20(21,22)23/h3-8,11-12,28H,9-10H2,1-2H3/t11-,12+. The van der Waals surface area contributed by atoms with Crippen molar-refractivity contribution >= 4 is 26.6 Å². The maximum absolute atomic E-state index is 12.9. The molecule has 1 aliphatic heterocycles. The highest BCUT2D eigenvalue weighted by molar-refractivity contribution is 7.92. The molecule has 0 amide bonds. The molecule has 2 atom stereocenters. The van der Waals surface area contributed by atoms with Gasteiger partial charge < -0.3 is 10.0 Å². The lowest BCUT2D eigenvalue weighted by Gasteiger charge is -2.35. The summed E-state index contributed by atoms with van der Waals surface area (Å²) in [6.07, 6.45) is -3.05. The Bertz CT molecular complexity index is 1250. The van der Waals surface area contributed by atoms with Crippen LogP contribution in [0.15, 0.2) is 36.5 Å². The fourth-order valence-electron chi connectivity index (χ4n) is 3.77. The maximum Gasteiger partial charge on any atom is 0.416 e. The zero-order valence-electron chi connectivity index (χ0n) is 16.6. The second-order valence-corrected chi connectivity index (χ2v) is 10.4. The molecule has 0 saturated carbocycles. The minimum absolute atomic E-state index is 0.0907. The van der Waals surface area contributed by atoms with Crippen LogP contribution in [0.1, 0.15) is 19.4 Å². The van der Waals surface area contributed by atoms with Crippen molar-refractivity contribution in [2.24, 2.45) is 0 Å². The highest BCUT2D eigenvalue weighted by Gasteiger charge is 2.37. The van der Waals surface area contributed by atoms with Crippen LogP contribution in [0.2, 0.25) is 0 Å². The molecule has 4 rings (SSSR count). The van der Waals surface area contributed by atoms with Crippen LogP contribution in [0.3, 0.4) is 0 Å². The van der Waals surface area contributed by atoms with Gasteiger partial charge in [0, 0.05) is 30.2 Å². The zero-order chi connectivity index (χ0) is 22.6. The van der Waals surface area contributed by atoms with Crippen LogP contribution in [-0.4, -0.2) is 52.3 Å². The minimum atomic E-state index is -4.59. The molecule has 0 radical (unpaired) electrons. The fraction of sp³-hybridized carbons (Fsp3) is 0.350. The number of nitrogens with zero attached hydrogens (tertiary/aromatic N) is 4. The molecular formula is C20H19F3N4O3S. The summed E-state index contributed by atoms with van der Waals surface area (Å²) < 4.78 is 63.5. The number of rotatable bonds is 2. The number of fused-ring (bicyclic) bond motifs is 1. The van der Waals surface area contributed by atoms with Gasteiger partial charge in [-0.25, -0.2) is 8.42 Å². The van der Waals surface area contributed by atoms with Crippen molar-refractivity contribution in [3.05, 3.63) is 42.1 Å². The Kier molecular flexibility index (Phi) is 5.03. The Labute approximate surface area is 176 Å². The first-order valence-corrected chi connectivity index (χ1v) is 11.1. The first kappa shape index (κ1) is 21.3. The van der Waals surface area contributed by atoms with Crippen molar-refractivity contribution in [2.75, 3.05) is 18.0 Å². The largest absolute Gasteiger partial charge is 0.507 e. The molecule has 1 N–H and O–H groups in total. The van der Waals surface area contributed by atoms with E-state index in [0.29, 0.717) is 22.8 Å². The molecule has 0 unspecified atom stereocenters. The summed E-state index contributed by atoms with van der Waals surface area (Å²) in [5.74, 6) is -0.187. The predicted octanol–water partition coefficient (Wildman–Crippen LogP) is 3.43. The van der Waals surface area contributed by atoms with Crippen molar-refractivity contribution in [1.82, 2.24) is 15.2 Å². The van der Waals surface area contributed by atoms with E-state index in [1.165, 1.54) is 6.20 Å². The van der Waals surface area contributed by atoms with Gasteiger partial charge in [-0.1, -0.05) is 0 Å². The molecule has 164 valence electrons. The van der Waals surface area contributed by atoms with Crippen molar-refractivity contribution in [1.29, 1.82) is 0 Å². The number of hydrogen-bond donors (Lipinski definition) is 1. The number of anilines is 1. The van der Waals surface area contributed by atoms with Crippen LogP contribution in [0.4, 0.5) is 19.0 Å². The summed E-state index contributed by atoms with van der Waals surface area (Å²) in [7, 11) is -3.24. The Balaban J connectivity index is 1.82. The second kappa shape index (κ2) is 7.33. The molecule has 3 aromatic rings. The lowest BCUT2D eigenvalue weighted by atomic mass is 10.0. The summed E-state index contributed by atoms with van der Waals surface area (Å²) in [4.78, 5) is 6.16. The Morgan fingerprint density at radius 3 is 2.39 bits per heavy atom. The van der Waals surface area contributed by atoms with Crippen LogP contribution in [0.5, 0.6) is 5.75 Å². The normalized spacial score (nSPS) is 21.4. The third kappa shape index (κ3) is 3.67. The molecule has 1 fully saturated rings. The van der Waals surface area contributed by atoms with Crippen LogP contribution < -0.4 is 4.90 Å². The predicted molar refractivity (Wildman–Crippen MR) is 109 cm³/mol. The summed E-state index contributed by atoms with van der Waals surface area (Å²) in [6.45, 7) is 3.71. The van der Waals surface area contributed by atoms with E-state index in [2.05, 4.69) is 15.2 Å². The third-order valence-corrected chi connectivity index (χ3v) is 8.02. The van der Waals surface area contributed by atoms with E-state index in [4.69, 9.17) is 0 Å². The lowest BCUT2D eigenvalue weighted by molar-refractivity contribution is -0.137. The van der Waals surface area contributed by atoms with E-state index in [1.807, 2.05) is 0 Å². The summed E-state index contributed by atoms with van der Waals surface area (Å²) >= 11 is 0. The zero-order valence-corrected chi connectivity index (χ0v) is 17.4. The first-order valence-electron chi connectivity index (χ1n) is 9.49. The number of phenolic OH excluding ortho intramolecular Hbond substituents is 1. The van der Waals surface area contributed by atoms with Gasteiger partial charge in [0.2, 0.25) is 0 Å². The molecule has 11 heteroatoms. The number of aromatic hydroxyl groups is 1. The molecule has 0 bridgehead atoms. The molecule has 1 aromatic carbocycles. The number of hydrogen-bond acceptors (Lipinski definition) is 7. The van der Waals surface area contributed by atoms with E-state index in [-0.39, 0.29) is 24.3 Å². The number of alkyl halides is 3. The third-order valence-electron chi connectivity index (χ3n) is 5.48. The molecule has 2 aromatic heterocycles. The highest BCUT2D eigenvalue weighted by Crippen LogP contribution is 2.39. The molecule has 0 aliphatic carbocycles. The Hall–Kier alpha value is -2.95. The SMILES string of the molecule is C[C@@H]1CN(c2nnc(-c3ccc(C(F)(F)F)cc3O)c3cccnc23)C[C@H](C)S1(=O)=O. The number of pyridine rings is 1. The summed E-state index contributed by atoms with van der Waals surface area (Å²) in [6, 6.07) is 5.98. The van der Waals surface area contributed by atoms with E-state index in [0.717, 1.165) is 12.1 Å².